The first kappa shape index (κ1) is 14.3. The Balaban J connectivity index is 2.59. The number of ether oxygens (including phenoxy) is 1. The van der Waals surface area contributed by atoms with Gasteiger partial charge in [-0.25, -0.2) is 4.68 Å². The second kappa shape index (κ2) is 5.49. The maximum atomic E-state index is 11.3. The van der Waals surface area contributed by atoms with E-state index in [1.54, 1.807) is 4.68 Å². The Hall–Kier alpha value is -2.10. The highest BCUT2D eigenvalue weighted by Crippen LogP contribution is 2.26. The van der Waals surface area contributed by atoms with Crippen LogP contribution in [0, 0.1) is 13.8 Å². The summed E-state index contributed by atoms with van der Waals surface area (Å²) in [5.74, 6) is 0.400. The predicted molar refractivity (Wildman–Crippen MR) is 78.4 cm³/mol. The van der Waals surface area contributed by atoms with Crippen LogP contribution in [-0.4, -0.2) is 15.7 Å². The van der Waals surface area contributed by atoms with Crippen molar-refractivity contribution in [3.8, 4) is 11.6 Å². The minimum Gasteiger partial charge on any atom is -0.408 e. The molecule has 0 atom stereocenters. The van der Waals surface area contributed by atoms with Crippen LogP contribution in [-0.2, 0) is 4.79 Å². The van der Waals surface area contributed by atoms with Crippen molar-refractivity contribution in [1.29, 1.82) is 0 Å². The molecule has 0 N–H and O–H groups in total. The number of aryl methyl sites for hydroxylation is 1. The third-order valence-electron chi connectivity index (χ3n) is 3.34. The third-order valence-corrected chi connectivity index (χ3v) is 3.34. The summed E-state index contributed by atoms with van der Waals surface area (Å²) in [7, 11) is 0. The van der Waals surface area contributed by atoms with E-state index in [0.29, 0.717) is 5.88 Å². The van der Waals surface area contributed by atoms with E-state index in [1.165, 1.54) is 12.5 Å². The van der Waals surface area contributed by atoms with E-state index in [9.17, 15) is 4.79 Å². The van der Waals surface area contributed by atoms with E-state index in [4.69, 9.17) is 4.74 Å². The Morgan fingerprint density at radius 1 is 1.30 bits per heavy atom. The van der Waals surface area contributed by atoms with E-state index in [1.807, 2.05) is 25.1 Å². The molecule has 0 amide bonds. The molecule has 0 spiro atoms. The van der Waals surface area contributed by atoms with Crippen molar-refractivity contribution < 1.29 is 9.53 Å². The maximum Gasteiger partial charge on any atom is 0.309 e. The molecule has 0 aliphatic heterocycles. The lowest BCUT2D eigenvalue weighted by Crippen LogP contribution is -2.08. The van der Waals surface area contributed by atoms with Crippen LogP contribution in [0.15, 0.2) is 24.3 Å². The van der Waals surface area contributed by atoms with Gasteiger partial charge in [0.15, 0.2) is 0 Å². The summed E-state index contributed by atoms with van der Waals surface area (Å²) in [6, 6.07) is 7.84. The molecule has 2 aromatic rings. The fourth-order valence-electron chi connectivity index (χ4n) is 2.02. The summed E-state index contributed by atoms with van der Waals surface area (Å²) in [6.07, 6.45) is 0. The Morgan fingerprint density at radius 3 is 2.60 bits per heavy atom. The fraction of sp³-hybridized carbons (Fsp3) is 0.375. The van der Waals surface area contributed by atoms with E-state index < -0.39 is 0 Å². The molecule has 1 heterocycles. The molecule has 0 bridgehead atoms. The first-order valence-corrected chi connectivity index (χ1v) is 6.75. The van der Waals surface area contributed by atoms with Gasteiger partial charge in [0.25, 0.3) is 0 Å². The van der Waals surface area contributed by atoms with Gasteiger partial charge in [-0.3, -0.25) is 4.79 Å². The summed E-state index contributed by atoms with van der Waals surface area (Å²) in [6.45, 7) is 9.62. The number of carbonyl (C=O) groups excluding carboxylic acids is 1. The first-order valence-electron chi connectivity index (χ1n) is 6.75. The van der Waals surface area contributed by atoms with Crippen molar-refractivity contribution in [2.45, 2.75) is 40.5 Å². The largest absolute Gasteiger partial charge is 0.408 e. The number of rotatable bonds is 3. The van der Waals surface area contributed by atoms with Crippen molar-refractivity contribution >= 4 is 5.97 Å². The fourth-order valence-corrected chi connectivity index (χ4v) is 2.02. The minimum absolute atomic E-state index is 0.274. The van der Waals surface area contributed by atoms with Gasteiger partial charge >= 0.3 is 5.97 Å². The highest BCUT2D eigenvalue weighted by Gasteiger charge is 2.16. The second-order valence-electron chi connectivity index (χ2n) is 5.29. The van der Waals surface area contributed by atoms with Crippen molar-refractivity contribution in [2.75, 3.05) is 0 Å². The van der Waals surface area contributed by atoms with Crippen molar-refractivity contribution in [1.82, 2.24) is 9.78 Å². The molecule has 4 nitrogen and oxygen atoms in total. The third kappa shape index (κ3) is 2.74. The summed E-state index contributed by atoms with van der Waals surface area (Å²) in [5, 5.41) is 4.57. The molecule has 0 radical (unpaired) electrons. The smallest absolute Gasteiger partial charge is 0.309 e. The van der Waals surface area contributed by atoms with Gasteiger partial charge in [-0.1, -0.05) is 26.0 Å². The van der Waals surface area contributed by atoms with Gasteiger partial charge in [0.1, 0.15) is 0 Å². The Kier molecular flexibility index (Phi) is 3.93. The molecule has 2 rings (SSSR count). The van der Waals surface area contributed by atoms with Crippen LogP contribution in [0.25, 0.3) is 5.69 Å². The number of hydrogen-bond donors (Lipinski definition) is 0. The summed E-state index contributed by atoms with van der Waals surface area (Å²) >= 11 is 0. The topological polar surface area (TPSA) is 44.1 Å². The SMILES string of the molecule is CC(=O)Oc1cc(C(C)C)nn1-c1cccc(C)c1C. The molecule has 4 heteroatoms. The van der Waals surface area contributed by atoms with Gasteiger partial charge < -0.3 is 4.74 Å². The van der Waals surface area contributed by atoms with Crippen LogP contribution in [0.1, 0.15) is 43.5 Å². The second-order valence-corrected chi connectivity index (χ2v) is 5.29. The number of aromatic nitrogens is 2. The number of nitrogens with zero attached hydrogens (tertiary/aromatic N) is 2. The van der Waals surface area contributed by atoms with Crippen molar-refractivity contribution in [3.63, 3.8) is 0 Å². The van der Waals surface area contributed by atoms with Crippen LogP contribution < -0.4 is 4.74 Å². The lowest BCUT2D eigenvalue weighted by Gasteiger charge is -2.11. The van der Waals surface area contributed by atoms with E-state index >= 15 is 0 Å². The summed E-state index contributed by atoms with van der Waals surface area (Å²) in [5.41, 5.74) is 4.15. The summed E-state index contributed by atoms with van der Waals surface area (Å²) in [4.78, 5) is 11.3. The number of carbonyl (C=O) groups is 1. The standard InChI is InChI=1S/C16H20N2O2/c1-10(2)14-9-16(20-13(5)19)18(17-14)15-8-6-7-11(3)12(15)4/h6-10H,1-5H3. The highest BCUT2D eigenvalue weighted by molar-refractivity contribution is 5.69. The molecular weight excluding hydrogens is 252 g/mol. The van der Waals surface area contributed by atoms with E-state index in [-0.39, 0.29) is 11.9 Å². The maximum absolute atomic E-state index is 11.3. The Bertz CT molecular complexity index is 642. The van der Waals surface area contributed by atoms with Gasteiger partial charge in [-0.05, 0) is 37.0 Å². The molecule has 1 aromatic heterocycles. The minimum atomic E-state index is -0.341. The predicted octanol–water partition coefficient (Wildman–Crippen LogP) is 3.54. The van der Waals surface area contributed by atoms with E-state index in [2.05, 4.69) is 31.9 Å². The van der Waals surface area contributed by atoms with Crippen molar-refractivity contribution in [2.24, 2.45) is 0 Å². The Labute approximate surface area is 119 Å². The molecule has 20 heavy (non-hydrogen) atoms. The highest BCUT2D eigenvalue weighted by atomic mass is 16.5. The van der Waals surface area contributed by atoms with Gasteiger partial charge in [0.05, 0.1) is 11.4 Å². The average Bonchev–Trinajstić information content (AvgIpc) is 2.76. The number of hydrogen-bond acceptors (Lipinski definition) is 3. The molecule has 106 valence electrons. The van der Waals surface area contributed by atoms with Gasteiger partial charge in [-0.15, -0.1) is 0 Å². The zero-order valence-corrected chi connectivity index (χ0v) is 12.6. The lowest BCUT2D eigenvalue weighted by molar-refractivity contribution is -0.132. The molecule has 0 saturated carbocycles. The van der Waals surface area contributed by atoms with Gasteiger partial charge in [0, 0.05) is 13.0 Å². The van der Waals surface area contributed by atoms with Crippen LogP contribution in [0.5, 0.6) is 5.88 Å². The van der Waals surface area contributed by atoms with Crippen molar-refractivity contribution in [3.05, 3.63) is 41.1 Å². The number of benzene rings is 1. The molecule has 0 aliphatic carbocycles. The molecule has 0 saturated heterocycles. The Morgan fingerprint density at radius 2 is 2.00 bits per heavy atom. The van der Waals surface area contributed by atoms with Crippen LogP contribution in [0.3, 0.4) is 0 Å². The average molecular weight is 272 g/mol. The first-order chi connectivity index (χ1) is 9.40. The zero-order valence-electron chi connectivity index (χ0n) is 12.6. The van der Waals surface area contributed by atoms with Gasteiger partial charge in [0.2, 0.25) is 5.88 Å². The van der Waals surface area contributed by atoms with Crippen LogP contribution in [0.2, 0.25) is 0 Å². The van der Waals surface area contributed by atoms with Crippen LogP contribution >= 0.6 is 0 Å². The lowest BCUT2D eigenvalue weighted by atomic mass is 10.1. The van der Waals surface area contributed by atoms with E-state index in [0.717, 1.165) is 16.9 Å². The molecule has 0 aliphatic rings. The molecule has 1 aromatic carbocycles. The summed E-state index contributed by atoms with van der Waals surface area (Å²) < 4.78 is 6.99. The monoisotopic (exact) mass is 272 g/mol. The molecular formula is C16H20N2O2. The van der Waals surface area contributed by atoms with Gasteiger partial charge in [-0.2, -0.15) is 5.10 Å². The normalized spacial score (nSPS) is 10.9. The molecule has 0 fully saturated rings. The molecule has 0 unspecified atom stereocenters. The van der Waals surface area contributed by atoms with Crippen LogP contribution in [0.4, 0.5) is 0 Å². The quantitative estimate of drug-likeness (QED) is 0.803. The zero-order chi connectivity index (χ0) is 14.9. The number of esters is 1.